The molecule has 1 rings (SSSR count). The van der Waals surface area contributed by atoms with Crippen molar-refractivity contribution in [3.8, 4) is 0 Å². The molecule has 0 aromatic heterocycles. The van der Waals surface area contributed by atoms with Crippen LogP contribution in [0, 0.1) is 0 Å². The highest BCUT2D eigenvalue weighted by Crippen LogP contribution is 2.28. The van der Waals surface area contributed by atoms with E-state index in [0.29, 0.717) is 6.29 Å². The number of nitrogens with zero attached hydrogens (tertiary/aromatic N) is 1. The lowest BCUT2D eigenvalue weighted by Crippen LogP contribution is -2.46. The third kappa shape index (κ3) is 3.52. The smallest absolute Gasteiger partial charge is 0.259 e. The first-order valence-electron chi connectivity index (χ1n) is 5.42. The van der Waals surface area contributed by atoms with Gasteiger partial charge < -0.3 is 4.79 Å². The summed E-state index contributed by atoms with van der Waals surface area (Å²) in [6.45, 7) is 1.50. The van der Waals surface area contributed by atoms with Crippen molar-refractivity contribution in [3.63, 3.8) is 0 Å². The van der Waals surface area contributed by atoms with Gasteiger partial charge in [0.15, 0.2) is 0 Å². The van der Waals surface area contributed by atoms with Crippen LogP contribution in [0.15, 0.2) is 11.6 Å². The molecule has 0 N–H and O–H groups in total. The molecule has 1 aliphatic heterocycles. The van der Waals surface area contributed by atoms with E-state index in [1.165, 1.54) is 11.0 Å². The highest BCUT2D eigenvalue weighted by molar-refractivity contribution is 5.52. The van der Waals surface area contributed by atoms with Gasteiger partial charge >= 0.3 is 0 Å². The summed E-state index contributed by atoms with van der Waals surface area (Å²) in [6.07, 6.45) is -3.73. The zero-order valence-corrected chi connectivity index (χ0v) is 9.45. The van der Waals surface area contributed by atoms with Crippen LogP contribution in [0.3, 0.4) is 0 Å². The van der Waals surface area contributed by atoms with E-state index in [4.69, 9.17) is 0 Å². The maximum Gasteiger partial charge on any atom is 0.259 e. The van der Waals surface area contributed by atoms with Gasteiger partial charge in [0.25, 0.3) is 12.9 Å². The molecule has 0 aromatic carbocycles. The predicted octanol–water partition coefficient (Wildman–Crippen LogP) is 2.49. The van der Waals surface area contributed by atoms with Crippen molar-refractivity contribution >= 4 is 6.29 Å². The maximum atomic E-state index is 12.9. The average molecular weight is 253 g/mol. The van der Waals surface area contributed by atoms with Crippen molar-refractivity contribution in [1.29, 1.82) is 0 Å². The Labute approximate surface area is 97.3 Å². The minimum Gasteiger partial charge on any atom is -0.302 e. The highest BCUT2D eigenvalue weighted by atomic mass is 19.3. The Hall–Kier alpha value is -0.910. The summed E-state index contributed by atoms with van der Waals surface area (Å²) in [5, 5.41) is 0. The molecule has 17 heavy (non-hydrogen) atoms. The average Bonchev–Trinajstić information content (AvgIpc) is 2.40. The molecule has 6 heteroatoms. The summed E-state index contributed by atoms with van der Waals surface area (Å²) < 4.78 is 50.9. The minimum absolute atomic E-state index is 0.152. The fraction of sp³-hybridized carbons (Fsp3) is 0.727. The fourth-order valence-corrected chi connectivity index (χ4v) is 2.04. The van der Waals surface area contributed by atoms with E-state index in [2.05, 4.69) is 0 Å². The normalized spacial score (nSPS) is 27.1. The molecule has 1 aliphatic rings. The molecule has 0 amide bonds. The largest absolute Gasteiger partial charge is 0.302 e. The molecule has 1 heterocycles. The molecule has 0 saturated heterocycles. The van der Waals surface area contributed by atoms with E-state index in [0.717, 1.165) is 0 Å². The minimum atomic E-state index is -2.74. The first kappa shape index (κ1) is 14.2. The number of alkyl halides is 4. The molecular weight excluding hydrogens is 238 g/mol. The topological polar surface area (TPSA) is 20.3 Å². The third-order valence-corrected chi connectivity index (χ3v) is 3.01. The van der Waals surface area contributed by atoms with E-state index in [-0.39, 0.29) is 31.0 Å². The molecule has 2 nitrogen and oxygen atoms in total. The van der Waals surface area contributed by atoms with Gasteiger partial charge in [-0.05, 0) is 25.3 Å². The van der Waals surface area contributed by atoms with Gasteiger partial charge in [-0.15, -0.1) is 0 Å². The van der Waals surface area contributed by atoms with E-state index < -0.39 is 18.9 Å². The SMILES string of the molecule is CC1CC=C(C(F)F)CC(C(F)F)N1CC=O. The van der Waals surface area contributed by atoms with E-state index in [1.54, 1.807) is 6.92 Å². The molecule has 0 radical (unpaired) electrons. The number of carbonyl (C=O) groups excluding carboxylic acids is 1. The Kier molecular flexibility index (Phi) is 5.11. The van der Waals surface area contributed by atoms with Crippen LogP contribution in [-0.2, 0) is 4.79 Å². The van der Waals surface area contributed by atoms with Gasteiger partial charge in [0.2, 0.25) is 0 Å². The standard InChI is InChI=1S/C11H15F4NO/c1-7-2-3-8(10(12)13)6-9(11(14)15)16(7)4-5-17/h3,5,7,9-11H,2,4,6H2,1H3. The Morgan fingerprint density at radius 3 is 2.59 bits per heavy atom. The maximum absolute atomic E-state index is 12.9. The molecule has 0 saturated carbocycles. The number of halogens is 4. The van der Waals surface area contributed by atoms with Gasteiger partial charge in [-0.2, -0.15) is 0 Å². The van der Waals surface area contributed by atoms with Crippen molar-refractivity contribution in [1.82, 2.24) is 4.90 Å². The van der Waals surface area contributed by atoms with Crippen molar-refractivity contribution < 1.29 is 22.4 Å². The van der Waals surface area contributed by atoms with Crippen LogP contribution < -0.4 is 0 Å². The van der Waals surface area contributed by atoms with Crippen molar-refractivity contribution in [2.24, 2.45) is 0 Å². The summed E-state index contributed by atoms with van der Waals surface area (Å²) in [6, 6.07) is -1.65. The first-order chi connectivity index (χ1) is 7.97. The van der Waals surface area contributed by atoms with Gasteiger partial charge in [-0.3, -0.25) is 4.90 Å². The fourth-order valence-electron chi connectivity index (χ4n) is 2.04. The third-order valence-electron chi connectivity index (χ3n) is 3.01. The number of rotatable bonds is 4. The van der Waals surface area contributed by atoms with Crippen molar-refractivity contribution in [3.05, 3.63) is 11.6 Å². The van der Waals surface area contributed by atoms with Crippen LogP contribution in [0.2, 0.25) is 0 Å². The molecule has 0 fully saturated rings. The lowest BCUT2D eigenvalue weighted by atomic mass is 10.1. The van der Waals surface area contributed by atoms with Crippen molar-refractivity contribution in [2.75, 3.05) is 6.54 Å². The molecule has 0 aliphatic carbocycles. The number of hydrogen-bond acceptors (Lipinski definition) is 2. The molecule has 2 unspecified atom stereocenters. The Morgan fingerprint density at radius 2 is 2.12 bits per heavy atom. The summed E-state index contributed by atoms with van der Waals surface area (Å²) in [7, 11) is 0. The lowest BCUT2D eigenvalue weighted by molar-refractivity contribution is -0.111. The van der Waals surface area contributed by atoms with Crippen LogP contribution in [0.4, 0.5) is 17.6 Å². The van der Waals surface area contributed by atoms with Crippen LogP contribution in [-0.4, -0.2) is 42.7 Å². The lowest BCUT2D eigenvalue weighted by Gasteiger charge is -2.32. The predicted molar refractivity (Wildman–Crippen MR) is 55.3 cm³/mol. The van der Waals surface area contributed by atoms with Gasteiger partial charge in [-0.25, -0.2) is 17.6 Å². The summed E-state index contributed by atoms with van der Waals surface area (Å²) in [5.41, 5.74) is -0.254. The molecular formula is C11H15F4NO. The van der Waals surface area contributed by atoms with E-state index in [9.17, 15) is 22.4 Å². The molecule has 98 valence electrons. The van der Waals surface area contributed by atoms with E-state index in [1.807, 2.05) is 0 Å². The first-order valence-corrected chi connectivity index (χ1v) is 5.42. The molecule has 2 atom stereocenters. The van der Waals surface area contributed by atoms with Crippen LogP contribution in [0.1, 0.15) is 19.8 Å². The van der Waals surface area contributed by atoms with Crippen molar-refractivity contribution in [2.45, 2.75) is 44.7 Å². The zero-order valence-electron chi connectivity index (χ0n) is 9.45. The Bertz CT molecular complexity index is 293. The molecule has 0 aromatic rings. The monoisotopic (exact) mass is 253 g/mol. The molecule has 0 spiro atoms. The summed E-state index contributed by atoms with van der Waals surface area (Å²) >= 11 is 0. The van der Waals surface area contributed by atoms with Gasteiger partial charge in [0, 0.05) is 6.04 Å². The highest BCUT2D eigenvalue weighted by Gasteiger charge is 2.34. The Balaban J connectivity index is 2.91. The molecule has 0 bridgehead atoms. The number of aldehydes is 1. The number of hydrogen-bond donors (Lipinski definition) is 0. The van der Waals surface area contributed by atoms with E-state index >= 15 is 0 Å². The second-order valence-electron chi connectivity index (χ2n) is 4.13. The van der Waals surface area contributed by atoms with Crippen LogP contribution >= 0.6 is 0 Å². The number of carbonyl (C=O) groups is 1. The second kappa shape index (κ2) is 6.14. The Morgan fingerprint density at radius 1 is 1.47 bits per heavy atom. The van der Waals surface area contributed by atoms with Crippen LogP contribution in [0.25, 0.3) is 0 Å². The van der Waals surface area contributed by atoms with Gasteiger partial charge in [0.05, 0.1) is 12.6 Å². The summed E-state index contributed by atoms with van der Waals surface area (Å²) in [4.78, 5) is 11.8. The second-order valence-corrected chi connectivity index (χ2v) is 4.13. The summed E-state index contributed by atoms with van der Waals surface area (Å²) in [5.74, 6) is 0. The van der Waals surface area contributed by atoms with Crippen LogP contribution in [0.5, 0.6) is 0 Å². The quantitative estimate of drug-likeness (QED) is 0.436. The van der Waals surface area contributed by atoms with Gasteiger partial charge in [0.1, 0.15) is 6.29 Å². The van der Waals surface area contributed by atoms with Gasteiger partial charge in [-0.1, -0.05) is 6.08 Å². The zero-order chi connectivity index (χ0) is 13.0.